The predicted octanol–water partition coefficient (Wildman–Crippen LogP) is 0.889. The van der Waals surface area contributed by atoms with Crippen LogP contribution in [0, 0.1) is 5.82 Å². The molecule has 2 aromatic rings. The molecule has 0 bridgehead atoms. The van der Waals surface area contributed by atoms with Crippen molar-refractivity contribution >= 4 is 0 Å². The largest absolute Gasteiger partial charge is 0.334 e. The Morgan fingerprint density at radius 1 is 1.29 bits per heavy atom. The summed E-state index contributed by atoms with van der Waals surface area (Å²) in [6.07, 6.45) is 3.11. The number of halogens is 1. The van der Waals surface area contributed by atoms with Gasteiger partial charge in [0, 0.05) is 24.8 Å². The second-order valence-corrected chi connectivity index (χ2v) is 3.71. The molecule has 5 heteroatoms. The quantitative estimate of drug-likeness (QED) is 0.856. The normalized spacial score (nSPS) is 10.5. The zero-order valence-electron chi connectivity index (χ0n) is 9.14. The zero-order valence-corrected chi connectivity index (χ0v) is 9.14. The molecule has 0 saturated carbocycles. The van der Waals surface area contributed by atoms with Crippen LogP contribution in [0.2, 0.25) is 0 Å². The van der Waals surface area contributed by atoms with Crippen LogP contribution < -0.4 is 11.3 Å². The first-order valence-corrected chi connectivity index (χ1v) is 5.18. The maximum Gasteiger partial charge on any atom is 0.277 e. The summed E-state index contributed by atoms with van der Waals surface area (Å²) >= 11 is 0. The van der Waals surface area contributed by atoms with Crippen molar-refractivity contribution in [2.24, 2.45) is 5.73 Å². The minimum absolute atomic E-state index is 0.163. The Hall–Kier alpha value is -2.01. The maximum absolute atomic E-state index is 12.7. The van der Waals surface area contributed by atoms with Crippen LogP contribution in [0.3, 0.4) is 0 Å². The highest BCUT2D eigenvalue weighted by atomic mass is 19.1. The SMILES string of the molecule is NCc1cn(Cc2ccc(F)cc2)cnc1=O. The van der Waals surface area contributed by atoms with Gasteiger partial charge in [0.1, 0.15) is 5.82 Å². The van der Waals surface area contributed by atoms with Crippen molar-refractivity contribution in [1.29, 1.82) is 0 Å². The maximum atomic E-state index is 12.7. The molecule has 0 atom stereocenters. The lowest BCUT2D eigenvalue weighted by Crippen LogP contribution is -2.19. The molecule has 0 radical (unpaired) electrons. The molecule has 1 aromatic heterocycles. The number of benzene rings is 1. The molecule has 0 spiro atoms. The Morgan fingerprint density at radius 3 is 2.65 bits per heavy atom. The summed E-state index contributed by atoms with van der Waals surface area (Å²) in [4.78, 5) is 15.0. The van der Waals surface area contributed by atoms with Gasteiger partial charge in [-0.15, -0.1) is 0 Å². The number of rotatable bonds is 3. The molecule has 2 rings (SSSR count). The van der Waals surface area contributed by atoms with Crippen molar-refractivity contribution in [3.63, 3.8) is 0 Å². The lowest BCUT2D eigenvalue weighted by molar-refractivity contribution is 0.626. The third-order valence-corrected chi connectivity index (χ3v) is 2.42. The van der Waals surface area contributed by atoms with E-state index in [9.17, 15) is 9.18 Å². The molecular formula is C12H12FN3O. The summed E-state index contributed by atoms with van der Waals surface area (Å²) in [7, 11) is 0. The van der Waals surface area contributed by atoms with Crippen LogP contribution in [0.4, 0.5) is 4.39 Å². The Bertz CT molecular complexity index is 563. The molecule has 0 aliphatic heterocycles. The van der Waals surface area contributed by atoms with E-state index in [1.54, 1.807) is 22.9 Å². The second kappa shape index (κ2) is 4.88. The van der Waals surface area contributed by atoms with E-state index in [1.807, 2.05) is 0 Å². The van der Waals surface area contributed by atoms with E-state index in [0.717, 1.165) is 5.56 Å². The van der Waals surface area contributed by atoms with Crippen molar-refractivity contribution in [2.75, 3.05) is 0 Å². The molecule has 2 N–H and O–H groups in total. The van der Waals surface area contributed by atoms with Gasteiger partial charge >= 0.3 is 0 Å². The van der Waals surface area contributed by atoms with E-state index < -0.39 is 0 Å². The molecule has 0 amide bonds. The van der Waals surface area contributed by atoms with Gasteiger partial charge in [0.05, 0.1) is 6.33 Å². The van der Waals surface area contributed by atoms with Crippen molar-refractivity contribution in [1.82, 2.24) is 9.55 Å². The molecule has 88 valence electrons. The van der Waals surface area contributed by atoms with Gasteiger partial charge in [-0.25, -0.2) is 4.39 Å². The molecule has 1 heterocycles. The zero-order chi connectivity index (χ0) is 12.3. The lowest BCUT2D eigenvalue weighted by atomic mass is 10.2. The highest BCUT2D eigenvalue weighted by molar-refractivity contribution is 5.17. The number of nitrogens with two attached hydrogens (primary N) is 1. The first-order valence-electron chi connectivity index (χ1n) is 5.18. The summed E-state index contributed by atoms with van der Waals surface area (Å²) < 4.78 is 14.5. The van der Waals surface area contributed by atoms with Gasteiger partial charge < -0.3 is 10.3 Å². The first-order chi connectivity index (χ1) is 8.19. The molecule has 0 unspecified atom stereocenters. The van der Waals surface area contributed by atoms with Crippen LogP contribution in [0.25, 0.3) is 0 Å². The van der Waals surface area contributed by atoms with Gasteiger partial charge in [0.15, 0.2) is 0 Å². The summed E-state index contributed by atoms with van der Waals surface area (Å²) in [5.41, 5.74) is 6.52. The van der Waals surface area contributed by atoms with E-state index in [4.69, 9.17) is 5.73 Å². The van der Waals surface area contributed by atoms with E-state index >= 15 is 0 Å². The topological polar surface area (TPSA) is 60.9 Å². The van der Waals surface area contributed by atoms with Crippen LogP contribution in [-0.2, 0) is 13.1 Å². The third kappa shape index (κ3) is 2.76. The lowest BCUT2D eigenvalue weighted by Gasteiger charge is -2.07. The number of hydrogen-bond donors (Lipinski definition) is 1. The molecular weight excluding hydrogens is 221 g/mol. The van der Waals surface area contributed by atoms with Crippen LogP contribution in [-0.4, -0.2) is 9.55 Å². The number of aromatic nitrogens is 2. The Morgan fingerprint density at radius 2 is 2.00 bits per heavy atom. The molecule has 1 aromatic carbocycles. The van der Waals surface area contributed by atoms with Gasteiger partial charge in [-0.3, -0.25) is 4.79 Å². The Balaban J connectivity index is 2.24. The van der Waals surface area contributed by atoms with Crippen molar-refractivity contribution in [3.8, 4) is 0 Å². The van der Waals surface area contributed by atoms with E-state index in [1.165, 1.54) is 18.5 Å². The van der Waals surface area contributed by atoms with Crippen LogP contribution in [0.1, 0.15) is 11.1 Å². The minimum Gasteiger partial charge on any atom is -0.334 e. The highest BCUT2D eigenvalue weighted by Crippen LogP contribution is 2.04. The smallest absolute Gasteiger partial charge is 0.277 e. The summed E-state index contributed by atoms with van der Waals surface area (Å²) in [6, 6.07) is 6.18. The van der Waals surface area contributed by atoms with Gasteiger partial charge in [-0.1, -0.05) is 12.1 Å². The molecule has 17 heavy (non-hydrogen) atoms. The molecule has 0 fully saturated rings. The standard InChI is InChI=1S/C12H12FN3O/c13-11-3-1-9(2-4-11)6-16-7-10(5-14)12(17)15-8-16/h1-4,7-8H,5-6,14H2. The fraction of sp³-hybridized carbons (Fsp3) is 0.167. The summed E-state index contributed by atoms with van der Waals surface area (Å²) in [5, 5.41) is 0. The second-order valence-electron chi connectivity index (χ2n) is 3.71. The van der Waals surface area contributed by atoms with E-state index in [-0.39, 0.29) is 17.9 Å². The molecule has 0 saturated heterocycles. The Kier molecular flexibility index (Phi) is 3.30. The average molecular weight is 233 g/mol. The fourth-order valence-corrected chi connectivity index (χ4v) is 1.53. The third-order valence-electron chi connectivity index (χ3n) is 2.42. The molecule has 0 aliphatic carbocycles. The number of hydrogen-bond acceptors (Lipinski definition) is 3. The summed E-state index contributed by atoms with van der Waals surface area (Å²) in [6.45, 7) is 0.691. The van der Waals surface area contributed by atoms with Crippen molar-refractivity contribution < 1.29 is 4.39 Å². The monoisotopic (exact) mass is 233 g/mol. The van der Waals surface area contributed by atoms with Crippen LogP contribution in [0.15, 0.2) is 41.6 Å². The van der Waals surface area contributed by atoms with E-state index in [0.29, 0.717) is 12.1 Å². The van der Waals surface area contributed by atoms with Crippen molar-refractivity contribution in [2.45, 2.75) is 13.1 Å². The van der Waals surface area contributed by atoms with Crippen LogP contribution >= 0.6 is 0 Å². The first kappa shape index (κ1) is 11.5. The van der Waals surface area contributed by atoms with Crippen molar-refractivity contribution in [3.05, 3.63) is 64.1 Å². The van der Waals surface area contributed by atoms with Gasteiger partial charge in [-0.05, 0) is 17.7 Å². The molecule has 4 nitrogen and oxygen atoms in total. The van der Waals surface area contributed by atoms with Gasteiger partial charge in [0.2, 0.25) is 0 Å². The van der Waals surface area contributed by atoms with E-state index in [2.05, 4.69) is 4.98 Å². The highest BCUT2D eigenvalue weighted by Gasteiger charge is 2.00. The fourth-order valence-electron chi connectivity index (χ4n) is 1.53. The number of nitrogens with zero attached hydrogens (tertiary/aromatic N) is 2. The van der Waals surface area contributed by atoms with Gasteiger partial charge in [0.25, 0.3) is 5.56 Å². The predicted molar refractivity (Wildman–Crippen MR) is 61.9 cm³/mol. The summed E-state index contributed by atoms with van der Waals surface area (Å²) in [5.74, 6) is -0.269. The average Bonchev–Trinajstić information content (AvgIpc) is 2.34. The van der Waals surface area contributed by atoms with Crippen LogP contribution in [0.5, 0.6) is 0 Å². The molecule has 0 aliphatic rings. The Labute approximate surface area is 97.5 Å². The van der Waals surface area contributed by atoms with Gasteiger partial charge in [-0.2, -0.15) is 4.98 Å². The minimum atomic E-state index is -0.303.